The molecule has 3 nitrogen and oxygen atoms in total. The molecule has 128 valence electrons. The summed E-state index contributed by atoms with van der Waals surface area (Å²) < 4.78 is 25.1. The van der Waals surface area contributed by atoms with Crippen molar-refractivity contribution in [2.24, 2.45) is 0 Å². The van der Waals surface area contributed by atoms with E-state index in [9.17, 15) is 9.18 Å². The Morgan fingerprint density at radius 2 is 1.54 bits per heavy atom. The second kappa shape index (κ2) is 6.84. The Morgan fingerprint density at radius 1 is 0.846 bits per heavy atom. The van der Waals surface area contributed by atoms with Gasteiger partial charge in [-0.3, -0.25) is 4.79 Å². The van der Waals surface area contributed by atoms with E-state index in [4.69, 9.17) is 9.15 Å². The first-order valence-corrected chi connectivity index (χ1v) is 8.21. The van der Waals surface area contributed by atoms with Gasteiger partial charge in [-0.05, 0) is 42.0 Å². The maximum Gasteiger partial charge on any atom is 0.235 e. The highest BCUT2D eigenvalue weighted by Crippen LogP contribution is 2.31. The maximum atomic E-state index is 13.3. The number of ether oxygens (including phenoxy) is 1. The average Bonchev–Trinajstić information content (AvgIpc) is 2.69. The van der Waals surface area contributed by atoms with Crippen LogP contribution in [0.3, 0.4) is 0 Å². The molecule has 0 unspecified atom stereocenters. The van der Waals surface area contributed by atoms with E-state index in [0.29, 0.717) is 22.3 Å². The van der Waals surface area contributed by atoms with Crippen LogP contribution in [0.2, 0.25) is 0 Å². The van der Waals surface area contributed by atoms with Crippen LogP contribution >= 0.6 is 0 Å². The van der Waals surface area contributed by atoms with Crippen molar-refractivity contribution < 1.29 is 13.5 Å². The van der Waals surface area contributed by atoms with E-state index in [0.717, 1.165) is 5.56 Å². The predicted molar refractivity (Wildman–Crippen MR) is 98.7 cm³/mol. The van der Waals surface area contributed by atoms with Crippen LogP contribution in [-0.4, -0.2) is 0 Å². The van der Waals surface area contributed by atoms with Gasteiger partial charge >= 0.3 is 0 Å². The van der Waals surface area contributed by atoms with Crippen molar-refractivity contribution in [3.05, 3.63) is 100 Å². The summed E-state index contributed by atoms with van der Waals surface area (Å²) in [7, 11) is 0. The number of benzene rings is 3. The van der Waals surface area contributed by atoms with Gasteiger partial charge in [0, 0.05) is 5.56 Å². The Balaban J connectivity index is 1.85. The van der Waals surface area contributed by atoms with Crippen LogP contribution in [-0.2, 0) is 6.61 Å². The first-order chi connectivity index (χ1) is 12.7. The molecule has 0 aliphatic rings. The molecule has 1 heterocycles. The van der Waals surface area contributed by atoms with E-state index in [1.165, 1.54) is 12.1 Å². The lowest BCUT2D eigenvalue weighted by Crippen LogP contribution is -2.10. The van der Waals surface area contributed by atoms with Crippen molar-refractivity contribution >= 4 is 11.0 Å². The van der Waals surface area contributed by atoms with Crippen LogP contribution < -0.4 is 10.2 Å². The van der Waals surface area contributed by atoms with E-state index in [1.54, 1.807) is 36.4 Å². The molecule has 0 saturated carbocycles. The SMILES string of the molecule is O=c1c(OCc2ccccc2)c(-c2ccc(F)cc2)oc2ccccc12. The van der Waals surface area contributed by atoms with Crippen LogP contribution in [0.4, 0.5) is 4.39 Å². The molecule has 0 amide bonds. The molecule has 4 rings (SSSR count). The number of hydrogen-bond donors (Lipinski definition) is 0. The second-order valence-corrected chi connectivity index (χ2v) is 5.87. The zero-order valence-corrected chi connectivity index (χ0v) is 13.8. The molecule has 4 aromatic rings. The summed E-state index contributed by atoms with van der Waals surface area (Å²) in [6.07, 6.45) is 0. The minimum absolute atomic E-state index is 0.124. The van der Waals surface area contributed by atoms with Gasteiger partial charge in [0.25, 0.3) is 0 Å². The Kier molecular flexibility index (Phi) is 4.23. The van der Waals surface area contributed by atoms with Crippen molar-refractivity contribution in [3.63, 3.8) is 0 Å². The third-order valence-corrected chi connectivity index (χ3v) is 4.09. The van der Waals surface area contributed by atoms with Crippen molar-refractivity contribution in [3.8, 4) is 17.1 Å². The topological polar surface area (TPSA) is 39.4 Å². The summed E-state index contributed by atoms with van der Waals surface area (Å²) in [5, 5.41) is 0.446. The lowest BCUT2D eigenvalue weighted by molar-refractivity contribution is 0.298. The van der Waals surface area contributed by atoms with Gasteiger partial charge in [-0.15, -0.1) is 0 Å². The van der Waals surface area contributed by atoms with E-state index in [2.05, 4.69) is 0 Å². The molecule has 0 spiro atoms. The van der Waals surface area contributed by atoms with Crippen LogP contribution in [0, 0.1) is 5.82 Å². The molecular formula is C22H15FO3. The van der Waals surface area contributed by atoms with Gasteiger partial charge in [0.1, 0.15) is 18.0 Å². The van der Waals surface area contributed by atoms with E-state index in [1.807, 2.05) is 30.3 Å². The summed E-state index contributed by atoms with van der Waals surface area (Å²) in [6.45, 7) is 0.234. The van der Waals surface area contributed by atoms with Crippen LogP contribution in [0.25, 0.3) is 22.3 Å². The van der Waals surface area contributed by atoms with Gasteiger partial charge < -0.3 is 9.15 Å². The Hall–Kier alpha value is -3.40. The predicted octanol–water partition coefficient (Wildman–Crippen LogP) is 5.18. The summed E-state index contributed by atoms with van der Waals surface area (Å²) in [4.78, 5) is 13.0. The van der Waals surface area contributed by atoms with Crippen molar-refractivity contribution in [2.75, 3.05) is 0 Å². The number of halogens is 1. The molecule has 0 aliphatic carbocycles. The number of rotatable bonds is 4. The van der Waals surface area contributed by atoms with Gasteiger partial charge in [-0.2, -0.15) is 0 Å². The molecular weight excluding hydrogens is 331 g/mol. The van der Waals surface area contributed by atoms with E-state index in [-0.39, 0.29) is 23.6 Å². The fraction of sp³-hybridized carbons (Fsp3) is 0.0455. The van der Waals surface area contributed by atoms with Gasteiger partial charge in [0.05, 0.1) is 5.39 Å². The van der Waals surface area contributed by atoms with Crippen LogP contribution in [0.15, 0.2) is 88.1 Å². The number of para-hydroxylation sites is 1. The summed E-state index contributed by atoms with van der Waals surface area (Å²) in [6, 6.07) is 22.3. The third kappa shape index (κ3) is 3.09. The summed E-state index contributed by atoms with van der Waals surface area (Å²) in [5.41, 5.74) is 1.73. The Morgan fingerprint density at radius 3 is 2.31 bits per heavy atom. The molecule has 0 aliphatic heterocycles. The first kappa shape index (κ1) is 16.1. The van der Waals surface area contributed by atoms with Crippen molar-refractivity contribution in [1.82, 2.24) is 0 Å². The maximum absolute atomic E-state index is 13.3. The highest BCUT2D eigenvalue weighted by Gasteiger charge is 2.17. The monoisotopic (exact) mass is 346 g/mol. The molecule has 3 aromatic carbocycles. The highest BCUT2D eigenvalue weighted by atomic mass is 19.1. The highest BCUT2D eigenvalue weighted by molar-refractivity contribution is 5.81. The smallest absolute Gasteiger partial charge is 0.235 e. The molecule has 0 fully saturated rings. The summed E-state index contributed by atoms with van der Waals surface area (Å²) in [5.74, 6) is 0.0624. The van der Waals surface area contributed by atoms with Crippen molar-refractivity contribution in [1.29, 1.82) is 0 Å². The molecule has 0 radical (unpaired) electrons. The first-order valence-electron chi connectivity index (χ1n) is 8.21. The Bertz CT molecular complexity index is 1100. The van der Waals surface area contributed by atoms with Gasteiger partial charge in [0.15, 0.2) is 5.76 Å². The van der Waals surface area contributed by atoms with Crippen molar-refractivity contribution in [2.45, 2.75) is 6.61 Å². The van der Waals surface area contributed by atoms with Gasteiger partial charge in [0.2, 0.25) is 11.2 Å². The zero-order chi connectivity index (χ0) is 17.9. The van der Waals surface area contributed by atoms with Crippen LogP contribution in [0.1, 0.15) is 5.56 Å². The fourth-order valence-corrected chi connectivity index (χ4v) is 2.78. The molecule has 26 heavy (non-hydrogen) atoms. The number of fused-ring (bicyclic) bond motifs is 1. The lowest BCUT2D eigenvalue weighted by atomic mass is 10.1. The molecule has 4 heteroatoms. The fourth-order valence-electron chi connectivity index (χ4n) is 2.78. The van der Waals surface area contributed by atoms with Crippen LogP contribution in [0.5, 0.6) is 5.75 Å². The molecule has 0 saturated heterocycles. The Labute approximate surface area is 149 Å². The zero-order valence-electron chi connectivity index (χ0n) is 13.8. The third-order valence-electron chi connectivity index (χ3n) is 4.09. The standard InChI is InChI=1S/C22H15FO3/c23-17-12-10-16(11-13-17)21-22(25-14-15-6-2-1-3-7-15)20(24)18-8-4-5-9-19(18)26-21/h1-13H,14H2. The second-order valence-electron chi connectivity index (χ2n) is 5.87. The lowest BCUT2D eigenvalue weighted by Gasteiger charge is -2.12. The normalized spacial score (nSPS) is 10.8. The van der Waals surface area contributed by atoms with Gasteiger partial charge in [-0.25, -0.2) is 4.39 Å². The molecule has 0 N–H and O–H groups in total. The minimum atomic E-state index is -0.358. The molecule has 0 bridgehead atoms. The largest absolute Gasteiger partial charge is 0.481 e. The van der Waals surface area contributed by atoms with E-state index >= 15 is 0 Å². The number of hydrogen-bond acceptors (Lipinski definition) is 3. The van der Waals surface area contributed by atoms with E-state index < -0.39 is 0 Å². The average molecular weight is 346 g/mol. The van der Waals surface area contributed by atoms with Gasteiger partial charge in [-0.1, -0.05) is 42.5 Å². The quantitative estimate of drug-likeness (QED) is 0.511. The molecule has 0 atom stereocenters. The summed E-state index contributed by atoms with van der Waals surface area (Å²) >= 11 is 0. The molecule has 1 aromatic heterocycles. The minimum Gasteiger partial charge on any atom is -0.481 e.